The number of nitrogens with zero attached hydrogens (tertiary/aromatic N) is 2. The van der Waals surface area contributed by atoms with Crippen molar-refractivity contribution in [2.75, 3.05) is 18.5 Å². The molecule has 1 rings (SSSR count). The van der Waals surface area contributed by atoms with Gasteiger partial charge in [-0.05, 0) is 32.3 Å². The number of aryl methyl sites for hydroxylation is 1. The number of rotatable bonds is 8. The molecular formula is C14H23N3O3. The van der Waals surface area contributed by atoms with Gasteiger partial charge in [0.05, 0.1) is 11.8 Å². The Morgan fingerprint density at radius 3 is 2.50 bits per heavy atom. The third kappa shape index (κ3) is 3.90. The molecule has 0 aromatic carbocycles. The number of carboxylic acids is 1. The highest BCUT2D eigenvalue weighted by Gasteiger charge is 2.20. The number of aromatic carboxylic acids is 1. The molecule has 0 amide bonds. The van der Waals surface area contributed by atoms with Crippen molar-refractivity contribution in [3.8, 4) is 0 Å². The van der Waals surface area contributed by atoms with E-state index in [9.17, 15) is 9.90 Å². The predicted molar refractivity (Wildman–Crippen MR) is 77.3 cm³/mol. The first-order chi connectivity index (χ1) is 9.54. The summed E-state index contributed by atoms with van der Waals surface area (Å²) in [5.74, 6) is -0.656. The Balaban J connectivity index is 3.04. The molecule has 1 aromatic heterocycles. The fourth-order valence-corrected chi connectivity index (χ4v) is 2.11. The normalized spacial score (nSPS) is 12.2. The smallest absolute Gasteiger partial charge is 0.339 e. The Hall–Kier alpha value is -1.69. The minimum atomic E-state index is -0.974. The summed E-state index contributed by atoms with van der Waals surface area (Å²) in [6, 6.07) is 0. The van der Waals surface area contributed by atoms with Gasteiger partial charge in [0.25, 0.3) is 0 Å². The van der Waals surface area contributed by atoms with Crippen LogP contribution in [0.4, 0.5) is 5.82 Å². The van der Waals surface area contributed by atoms with Crippen LogP contribution in [0.25, 0.3) is 0 Å². The zero-order valence-corrected chi connectivity index (χ0v) is 12.6. The van der Waals surface area contributed by atoms with Gasteiger partial charge in [-0.25, -0.2) is 4.79 Å². The van der Waals surface area contributed by atoms with Crippen molar-refractivity contribution in [2.45, 2.75) is 46.6 Å². The van der Waals surface area contributed by atoms with E-state index in [2.05, 4.69) is 15.5 Å². The summed E-state index contributed by atoms with van der Waals surface area (Å²) in [6.07, 6.45) is 1.28. The van der Waals surface area contributed by atoms with Gasteiger partial charge in [-0.2, -0.15) is 5.10 Å². The van der Waals surface area contributed by atoms with Crippen molar-refractivity contribution in [3.05, 3.63) is 16.8 Å². The summed E-state index contributed by atoms with van der Waals surface area (Å²) >= 11 is 0. The SMILES string of the molecule is CCOC(C)CNc1nnc(CC)c(CC)c1C(=O)O. The number of anilines is 1. The van der Waals surface area contributed by atoms with Crippen LogP contribution in [0.15, 0.2) is 0 Å². The van der Waals surface area contributed by atoms with Gasteiger partial charge >= 0.3 is 5.97 Å². The molecule has 0 spiro atoms. The van der Waals surface area contributed by atoms with Crippen molar-refractivity contribution in [2.24, 2.45) is 0 Å². The van der Waals surface area contributed by atoms with Gasteiger partial charge in [0, 0.05) is 13.2 Å². The maximum absolute atomic E-state index is 11.5. The van der Waals surface area contributed by atoms with Gasteiger partial charge in [0.15, 0.2) is 5.82 Å². The quantitative estimate of drug-likeness (QED) is 0.759. The molecular weight excluding hydrogens is 258 g/mol. The van der Waals surface area contributed by atoms with Gasteiger partial charge in [-0.15, -0.1) is 5.10 Å². The second-order valence-electron chi connectivity index (χ2n) is 4.51. The van der Waals surface area contributed by atoms with Crippen molar-refractivity contribution < 1.29 is 14.6 Å². The second-order valence-corrected chi connectivity index (χ2v) is 4.51. The molecule has 1 heterocycles. The standard InChI is InChI=1S/C14H23N3O3/c1-5-10-11(6-2)16-17-13(12(10)14(18)19)15-8-9(4)20-7-3/h9H,5-8H2,1-4H3,(H,15,17)(H,18,19). The molecule has 6 nitrogen and oxygen atoms in total. The molecule has 6 heteroatoms. The summed E-state index contributed by atoms with van der Waals surface area (Å²) in [6.45, 7) is 8.83. The van der Waals surface area contributed by atoms with Crippen LogP contribution in [-0.2, 0) is 17.6 Å². The molecule has 0 bridgehead atoms. The lowest BCUT2D eigenvalue weighted by Gasteiger charge is -2.16. The number of hydrogen-bond donors (Lipinski definition) is 2. The van der Waals surface area contributed by atoms with E-state index in [1.165, 1.54) is 0 Å². The first kappa shape index (κ1) is 16.4. The summed E-state index contributed by atoms with van der Waals surface area (Å²) in [4.78, 5) is 11.5. The second kappa shape index (κ2) is 7.79. The van der Waals surface area contributed by atoms with Crippen LogP contribution in [0.1, 0.15) is 49.3 Å². The van der Waals surface area contributed by atoms with Crippen LogP contribution in [-0.4, -0.2) is 40.5 Å². The van der Waals surface area contributed by atoms with Crippen molar-refractivity contribution >= 4 is 11.8 Å². The molecule has 112 valence electrons. The van der Waals surface area contributed by atoms with Crippen LogP contribution in [0.5, 0.6) is 0 Å². The third-order valence-corrected chi connectivity index (χ3v) is 3.07. The van der Waals surface area contributed by atoms with Crippen molar-refractivity contribution in [1.29, 1.82) is 0 Å². The highest BCUT2D eigenvalue weighted by molar-refractivity contribution is 5.95. The average molecular weight is 281 g/mol. The third-order valence-electron chi connectivity index (χ3n) is 3.07. The molecule has 1 aromatic rings. The van der Waals surface area contributed by atoms with Gasteiger partial charge < -0.3 is 15.2 Å². The molecule has 2 N–H and O–H groups in total. The molecule has 0 aliphatic rings. The van der Waals surface area contributed by atoms with Gasteiger partial charge in [0.2, 0.25) is 0 Å². The molecule has 0 aliphatic carbocycles. The molecule has 0 radical (unpaired) electrons. The van der Waals surface area contributed by atoms with E-state index in [1.807, 2.05) is 27.7 Å². The van der Waals surface area contributed by atoms with E-state index >= 15 is 0 Å². The lowest BCUT2D eigenvalue weighted by molar-refractivity contribution is 0.0694. The molecule has 1 atom stereocenters. The largest absolute Gasteiger partial charge is 0.478 e. The van der Waals surface area contributed by atoms with E-state index in [-0.39, 0.29) is 11.7 Å². The summed E-state index contributed by atoms with van der Waals surface area (Å²) in [5.41, 5.74) is 1.72. The van der Waals surface area contributed by atoms with Gasteiger partial charge in [-0.1, -0.05) is 13.8 Å². The topological polar surface area (TPSA) is 84.3 Å². The predicted octanol–water partition coefficient (Wildman–Crippen LogP) is 2.14. The average Bonchev–Trinajstić information content (AvgIpc) is 2.43. The molecule has 0 saturated heterocycles. The highest BCUT2D eigenvalue weighted by Crippen LogP contribution is 2.21. The zero-order valence-electron chi connectivity index (χ0n) is 12.6. The number of carbonyl (C=O) groups is 1. The number of hydrogen-bond acceptors (Lipinski definition) is 5. The van der Waals surface area contributed by atoms with Crippen LogP contribution < -0.4 is 5.32 Å². The maximum atomic E-state index is 11.5. The van der Waals surface area contributed by atoms with Crippen molar-refractivity contribution in [3.63, 3.8) is 0 Å². The summed E-state index contributed by atoms with van der Waals surface area (Å²) < 4.78 is 5.41. The van der Waals surface area contributed by atoms with Crippen LogP contribution in [0, 0.1) is 0 Å². The van der Waals surface area contributed by atoms with E-state index in [0.29, 0.717) is 31.8 Å². The lowest BCUT2D eigenvalue weighted by atomic mass is 10.0. The number of aromatic nitrogens is 2. The monoisotopic (exact) mass is 281 g/mol. The molecule has 0 aliphatic heterocycles. The fraction of sp³-hybridized carbons (Fsp3) is 0.643. The van der Waals surface area contributed by atoms with Crippen LogP contribution in [0.2, 0.25) is 0 Å². The van der Waals surface area contributed by atoms with E-state index < -0.39 is 5.97 Å². The van der Waals surface area contributed by atoms with E-state index in [4.69, 9.17) is 4.74 Å². The fourth-order valence-electron chi connectivity index (χ4n) is 2.11. The molecule has 0 saturated carbocycles. The number of carboxylic acid groups (broad SMARTS) is 1. The molecule has 1 unspecified atom stereocenters. The van der Waals surface area contributed by atoms with E-state index in [0.717, 1.165) is 11.3 Å². The van der Waals surface area contributed by atoms with Crippen LogP contribution >= 0.6 is 0 Å². The van der Waals surface area contributed by atoms with Gasteiger partial charge in [0.1, 0.15) is 5.56 Å². The first-order valence-corrected chi connectivity index (χ1v) is 7.02. The van der Waals surface area contributed by atoms with Gasteiger partial charge in [-0.3, -0.25) is 0 Å². The minimum Gasteiger partial charge on any atom is -0.478 e. The lowest BCUT2D eigenvalue weighted by Crippen LogP contribution is -2.23. The Morgan fingerprint density at radius 2 is 2.00 bits per heavy atom. The van der Waals surface area contributed by atoms with Crippen LogP contribution in [0.3, 0.4) is 0 Å². The zero-order chi connectivity index (χ0) is 15.1. The Bertz CT molecular complexity index is 463. The number of ether oxygens (including phenoxy) is 1. The van der Waals surface area contributed by atoms with E-state index in [1.54, 1.807) is 0 Å². The molecule has 0 fully saturated rings. The Kier molecular flexibility index (Phi) is 6.38. The number of nitrogens with one attached hydrogen (secondary N) is 1. The minimum absolute atomic E-state index is 0.0145. The summed E-state index contributed by atoms with van der Waals surface area (Å²) in [7, 11) is 0. The Labute approximate surface area is 119 Å². The Morgan fingerprint density at radius 1 is 1.30 bits per heavy atom. The first-order valence-electron chi connectivity index (χ1n) is 7.02. The molecule has 20 heavy (non-hydrogen) atoms. The highest BCUT2D eigenvalue weighted by atomic mass is 16.5. The maximum Gasteiger partial charge on any atom is 0.339 e. The summed E-state index contributed by atoms with van der Waals surface area (Å²) in [5, 5.41) is 20.6. The van der Waals surface area contributed by atoms with Crippen molar-refractivity contribution in [1.82, 2.24) is 10.2 Å².